The van der Waals surface area contributed by atoms with Crippen molar-refractivity contribution in [1.82, 2.24) is 15.5 Å². The van der Waals surface area contributed by atoms with E-state index in [0.717, 1.165) is 30.4 Å². The zero-order valence-corrected chi connectivity index (χ0v) is 15.1. The molecule has 6 nitrogen and oxygen atoms in total. The summed E-state index contributed by atoms with van der Waals surface area (Å²) in [6.45, 7) is 2.26. The number of hydrogen-bond acceptors (Lipinski definition) is 3. The third kappa shape index (κ3) is 5.96. The number of halogens is 1. The summed E-state index contributed by atoms with van der Waals surface area (Å²) in [6, 6.07) is 7.00. The average Bonchev–Trinajstić information content (AvgIpc) is 3.10. The SMILES string of the molecule is O=C(CCNC(=O)c1ccc(Br)cc1)NCCC(=O)N1CCCC1. The normalized spacial score (nSPS) is 13.6. The number of likely N-dealkylation sites (tertiary alicyclic amines) is 1. The number of nitrogens with one attached hydrogen (secondary N) is 2. The van der Waals surface area contributed by atoms with Crippen LogP contribution < -0.4 is 10.6 Å². The minimum absolute atomic E-state index is 0.0938. The summed E-state index contributed by atoms with van der Waals surface area (Å²) < 4.78 is 0.905. The van der Waals surface area contributed by atoms with Gasteiger partial charge in [-0.2, -0.15) is 0 Å². The van der Waals surface area contributed by atoms with E-state index in [0.29, 0.717) is 18.5 Å². The van der Waals surface area contributed by atoms with Gasteiger partial charge in [-0.3, -0.25) is 14.4 Å². The molecule has 130 valence electrons. The molecule has 1 heterocycles. The lowest BCUT2D eigenvalue weighted by atomic mass is 10.2. The maximum Gasteiger partial charge on any atom is 0.251 e. The first-order valence-electron chi connectivity index (χ1n) is 8.14. The summed E-state index contributed by atoms with van der Waals surface area (Å²) in [5.74, 6) is -0.281. The highest BCUT2D eigenvalue weighted by atomic mass is 79.9. The van der Waals surface area contributed by atoms with Crippen LogP contribution in [0.3, 0.4) is 0 Å². The van der Waals surface area contributed by atoms with Crippen molar-refractivity contribution >= 4 is 33.7 Å². The maximum atomic E-state index is 11.9. The Kier molecular flexibility index (Phi) is 7.24. The Hall–Kier alpha value is -1.89. The van der Waals surface area contributed by atoms with E-state index in [1.807, 2.05) is 4.90 Å². The van der Waals surface area contributed by atoms with Gasteiger partial charge < -0.3 is 15.5 Å². The van der Waals surface area contributed by atoms with Crippen LogP contribution in [0.1, 0.15) is 36.0 Å². The van der Waals surface area contributed by atoms with Gasteiger partial charge >= 0.3 is 0 Å². The molecule has 0 aromatic heterocycles. The minimum atomic E-state index is -0.209. The van der Waals surface area contributed by atoms with E-state index in [4.69, 9.17) is 0 Å². The van der Waals surface area contributed by atoms with Gasteiger partial charge in [0.2, 0.25) is 11.8 Å². The number of hydrogen-bond donors (Lipinski definition) is 2. The highest BCUT2D eigenvalue weighted by Crippen LogP contribution is 2.10. The smallest absolute Gasteiger partial charge is 0.251 e. The molecule has 0 unspecified atom stereocenters. The van der Waals surface area contributed by atoms with E-state index >= 15 is 0 Å². The van der Waals surface area contributed by atoms with E-state index in [9.17, 15) is 14.4 Å². The molecule has 1 aliphatic heterocycles. The molecule has 1 saturated heterocycles. The first kappa shape index (κ1) is 18.4. The van der Waals surface area contributed by atoms with E-state index < -0.39 is 0 Å². The van der Waals surface area contributed by atoms with Gasteiger partial charge in [0, 0.05) is 49.1 Å². The monoisotopic (exact) mass is 395 g/mol. The third-order valence-electron chi connectivity index (χ3n) is 3.86. The van der Waals surface area contributed by atoms with Gasteiger partial charge in [0.05, 0.1) is 0 Å². The van der Waals surface area contributed by atoms with Gasteiger partial charge in [-0.15, -0.1) is 0 Å². The van der Waals surface area contributed by atoms with Crippen molar-refractivity contribution in [3.05, 3.63) is 34.3 Å². The molecule has 0 aliphatic carbocycles. The molecule has 0 bridgehead atoms. The molecule has 3 amide bonds. The fourth-order valence-corrected chi connectivity index (χ4v) is 2.78. The van der Waals surface area contributed by atoms with Crippen LogP contribution in [0.25, 0.3) is 0 Å². The Morgan fingerprint density at radius 1 is 0.958 bits per heavy atom. The standard InChI is InChI=1S/C17H22BrN3O3/c18-14-5-3-13(4-6-14)17(24)20-9-7-15(22)19-10-8-16(23)21-11-1-2-12-21/h3-6H,1-2,7-12H2,(H,19,22)(H,20,24). The molecule has 1 aromatic carbocycles. The Balaban J connectivity index is 1.58. The Bertz CT molecular complexity index is 583. The number of amides is 3. The van der Waals surface area contributed by atoms with Crippen LogP contribution in [0.2, 0.25) is 0 Å². The van der Waals surface area contributed by atoms with Crippen LogP contribution in [-0.2, 0) is 9.59 Å². The second-order valence-electron chi connectivity index (χ2n) is 5.70. The summed E-state index contributed by atoms with van der Waals surface area (Å²) in [5, 5.41) is 5.42. The molecule has 1 fully saturated rings. The van der Waals surface area contributed by atoms with E-state index in [1.54, 1.807) is 24.3 Å². The zero-order valence-electron chi connectivity index (χ0n) is 13.5. The van der Waals surface area contributed by atoms with Crippen LogP contribution in [0.4, 0.5) is 0 Å². The molecule has 0 spiro atoms. The largest absolute Gasteiger partial charge is 0.356 e. The van der Waals surface area contributed by atoms with Gasteiger partial charge in [-0.05, 0) is 37.1 Å². The minimum Gasteiger partial charge on any atom is -0.356 e. The quantitative estimate of drug-likeness (QED) is 0.737. The predicted octanol–water partition coefficient (Wildman–Crippen LogP) is 1.70. The summed E-state index contributed by atoms with van der Waals surface area (Å²) in [6.07, 6.45) is 2.66. The molecular weight excluding hydrogens is 374 g/mol. The van der Waals surface area contributed by atoms with Gasteiger partial charge in [-0.1, -0.05) is 15.9 Å². The molecule has 0 atom stereocenters. The second-order valence-corrected chi connectivity index (χ2v) is 6.62. The fourth-order valence-electron chi connectivity index (χ4n) is 2.51. The molecule has 7 heteroatoms. The van der Waals surface area contributed by atoms with E-state index in [1.165, 1.54) is 0 Å². The van der Waals surface area contributed by atoms with Crippen molar-refractivity contribution in [3.8, 4) is 0 Å². The molecule has 1 aromatic rings. The van der Waals surface area contributed by atoms with Crippen molar-refractivity contribution in [2.24, 2.45) is 0 Å². The van der Waals surface area contributed by atoms with Gasteiger partial charge in [0.15, 0.2) is 0 Å². The van der Waals surface area contributed by atoms with E-state index in [2.05, 4.69) is 26.6 Å². The Morgan fingerprint density at radius 2 is 1.58 bits per heavy atom. The molecule has 2 N–H and O–H groups in total. The lowest BCUT2D eigenvalue weighted by molar-refractivity contribution is -0.130. The van der Waals surface area contributed by atoms with Crippen LogP contribution in [0.5, 0.6) is 0 Å². The van der Waals surface area contributed by atoms with Gasteiger partial charge in [-0.25, -0.2) is 0 Å². The predicted molar refractivity (Wildman–Crippen MR) is 94.5 cm³/mol. The van der Waals surface area contributed by atoms with Gasteiger partial charge in [0.25, 0.3) is 5.91 Å². The lowest BCUT2D eigenvalue weighted by Gasteiger charge is -2.15. The average molecular weight is 396 g/mol. The zero-order chi connectivity index (χ0) is 17.4. The molecular formula is C17H22BrN3O3. The number of benzene rings is 1. The van der Waals surface area contributed by atoms with Crippen molar-refractivity contribution < 1.29 is 14.4 Å². The fraction of sp³-hybridized carbons (Fsp3) is 0.471. The first-order valence-corrected chi connectivity index (χ1v) is 8.94. The van der Waals surface area contributed by atoms with Crippen LogP contribution in [0.15, 0.2) is 28.7 Å². The first-order chi connectivity index (χ1) is 11.6. The topological polar surface area (TPSA) is 78.5 Å². The number of nitrogens with zero attached hydrogens (tertiary/aromatic N) is 1. The van der Waals surface area contributed by atoms with Crippen molar-refractivity contribution in [3.63, 3.8) is 0 Å². The van der Waals surface area contributed by atoms with E-state index in [-0.39, 0.29) is 30.7 Å². The van der Waals surface area contributed by atoms with Crippen LogP contribution in [0, 0.1) is 0 Å². The number of carbonyl (C=O) groups excluding carboxylic acids is 3. The second kappa shape index (κ2) is 9.42. The van der Waals surface area contributed by atoms with Crippen LogP contribution in [-0.4, -0.2) is 48.8 Å². The van der Waals surface area contributed by atoms with Crippen LogP contribution >= 0.6 is 15.9 Å². The lowest BCUT2D eigenvalue weighted by Crippen LogP contribution is -2.34. The maximum absolute atomic E-state index is 11.9. The van der Waals surface area contributed by atoms with Crippen molar-refractivity contribution in [1.29, 1.82) is 0 Å². The van der Waals surface area contributed by atoms with Crippen molar-refractivity contribution in [2.75, 3.05) is 26.2 Å². The summed E-state index contributed by atoms with van der Waals surface area (Å²) in [5.41, 5.74) is 0.551. The van der Waals surface area contributed by atoms with Gasteiger partial charge in [0.1, 0.15) is 0 Å². The number of rotatable bonds is 7. The molecule has 0 radical (unpaired) electrons. The highest BCUT2D eigenvalue weighted by molar-refractivity contribution is 9.10. The molecule has 0 saturated carbocycles. The third-order valence-corrected chi connectivity index (χ3v) is 4.39. The highest BCUT2D eigenvalue weighted by Gasteiger charge is 2.17. The summed E-state index contributed by atoms with van der Waals surface area (Å²) in [7, 11) is 0. The summed E-state index contributed by atoms with van der Waals surface area (Å²) in [4.78, 5) is 37.3. The molecule has 2 rings (SSSR count). The molecule has 1 aliphatic rings. The summed E-state index contributed by atoms with van der Waals surface area (Å²) >= 11 is 3.31. The van der Waals surface area contributed by atoms with Crippen molar-refractivity contribution in [2.45, 2.75) is 25.7 Å². The number of carbonyl (C=O) groups is 3. The molecule has 24 heavy (non-hydrogen) atoms. The Morgan fingerprint density at radius 3 is 2.25 bits per heavy atom. The Labute approximate surface area is 150 Å².